The summed E-state index contributed by atoms with van der Waals surface area (Å²) < 4.78 is 5.19. The van der Waals surface area contributed by atoms with E-state index in [1.807, 2.05) is 0 Å². The van der Waals surface area contributed by atoms with Crippen LogP contribution in [0, 0.1) is 0 Å². The van der Waals surface area contributed by atoms with Crippen LogP contribution in [0.5, 0.6) is 0 Å². The smallest absolute Gasteiger partial charge is 0.180 e. The van der Waals surface area contributed by atoms with Crippen molar-refractivity contribution < 1.29 is 4.74 Å². The van der Waals surface area contributed by atoms with Crippen molar-refractivity contribution in [1.82, 2.24) is 4.98 Å². The second-order valence-corrected chi connectivity index (χ2v) is 7.12. The van der Waals surface area contributed by atoms with Crippen LogP contribution in [0.15, 0.2) is 24.3 Å². The zero-order valence-corrected chi connectivity index (χ0v) is 13.4. The second kappa shape index (κ2) is 5.94. The molecule has 0 saturated carbocycles. The van der Waals surface area contributed by atoms with E-state index < -0.39 is 0 Å². The molecule has 1 heterocycles. The number of methoxy groups -OCH3 is 1. The van der Waals surface area contributed by atoms with Crippen LogP contribution in [0.1, 0.15) is 42.5 Å². The Morgan fingerprint density at radius 2 is 1.95 bits per heavy atom. The van der Waals surface area contributed by atoms with E-state index in [9.17, 15) is 0 Å². The molecule has 0 radical (unpaired) electrons. The summed E-state index contributed by atoms with van der Waals surface area (Å²) in [4.78, 5) is 5.76. The quantitative estimate of drug-likeness (QED) is 0.932. The van der Waals surface area contributed by atoms with E-state index in [0.29, 0.717) is 11.7 Å². The van der Waals surface area contributed by atoms with E-state index >= 15 is 0 Å². The number of hydrogen-bond acceptors (Lipinski definition) is 4. The van der Waals surface area contributed by atoms with Crippen molar-refractivity contribution in [2.24, 2.45) is 0 Å². The van der Waals surface area contributed by atoms with Gasteiger partial charge in [0.2, 0.25) is 0 Å². The summed E-state index contributed by atoms with van der Waals surface area (Å²) in [7, 11) is 1.72. The topological polar surface area (TPSA) is 48.1 Å². The Labute approximate surface area is 124 Å². The monoisotopic (exact) mass is 290 g/mol. The molecule has 2 aromatic rings. The second-order valence-electron chi connectivity index (χ2n) is 6.00. The van der Waals surface area contributed by atoms with Gasteiger partial charge in [-0.1, -0.05) is 45.0 Å². The minimum atomic E-state index is 0.0214. The summed E-state index contributed by atoms with van der Waals surface area (Å²) in [5.74, 6) is 0. The number of rotatable bonds is 4. The van der Waals surface area contributed by atoms with E-state index in [0.717, 1.165) is 12.1 Å². The minimum absolute atomic E-state index is 0.0214. The number of ether oxygens (including phenoxy) is 1. The SMILES string of the molecule is COCc1cccc(Cc2sc(N)nc2C(C)(C)C)c1. The van der Waals surface area contributed by atoms with Crippen LogP contribution in [0.25, 0.3) is 0 Å². The maximum Gasteiger partial charge on any atom is 0.180 e. The van der Waals surface area contributed by atoms with Crippen molar-refractivity contribution in [2.75, 3.05) is 12.8 Å². The van der Waals surface area contributed by atoms with E-state index in [1.54, 1.807) is 18.4 Å². The van der Waals surface area contributed by atoms with Crippen LogP contribution >= 0.6 is 11.3 Å². The largest absolute Gasteiger partial charge is 0.380 e. The third-order valence-corrected chi connectivity index (χ3v) is 3.98. The van der Waals surface area contributed by atoms with Crippen molar-refractivity contribution >= 4 is 16.5 Å². The van der Waals surface area contributed by atoms with Crippen LogP contribution in [-0.2, 0) is 23.2 Å². The van der Waals surface area contributed by atoms with Crippen molar-refractivity contribution in [3.8, 4) is 0 Å². The Morgan fingerprint density at radius 3 is 2.60 bits per heavy atom. The number of nitrogens with zero attached hydrogens (tertiary/aromatic N) is 1. The summed E-state index contributed by atoms with van der Waals surface area (Å²) in [6.07, 6.45) is 0.874. The lowest BCUT2D eigenvalue weighted by Gasteiger charge is -2.17. The molecular weight excluding hydrogens is 268 g/mol. The fourth-order valence-electron chi connectivity index (χ4n) is 2.26. The van der Waals surface area contributed by atoms with Crippen LogP contribution in [0.2, 0.25) is 0 Å². The molecule has 0 saturated heterocycles. The fraction of sp³-hybridized carbons (Fsp3) is 0.438. The average Bonchev–Trinajstić information content (AvgIpc) is 2.71. The van der Waals surface area contributed by atoms with Gasteiger partial charge in [-0.15, -0.1) is 11.3 Å². The summed E-state index contributed by atoms with van der Waals surface area (Å²) in [6.45, 7) is 7.16. The highest BCUT2D eigenvalue weighted by Gasteiger charge is 2.22. The zero-order valence-electron chi connectivity index (χ0n) is 12.6. The Kier molecular flexibility index (Phi) is 4.45. The van der Waals surface area contributed by atoms with Crippen LogP contribution in [0.4, 0.5) is 5.13 Å². The van der Waals surface area contributed by atoms with E-state index in [2.05, 4.69) is 50.0 Å². The lowest BCUT2D eigenvalue weighted by atomic mass is 9.90. The molecule has 0 aliphatic carbocycles. The molecule has 1 aromatic carbocycles. The van der Waals surface area contributed by atoms with E-state index in [1.165, 1.54) is 16.0 Å². The molecule has 2 rings (SSSR count). The first-order valence-corrected chi connectivity index (χ1v) is 7.54. The highest BCUT2D eigenvalue weighted by atomic mass is 32.1. The van der Waals surface area contributed by atoms with Crippen LogP contribution < -0.4 is 5.73 Å². The van der Waals surface area contributed by atoms with Crippen LogP contribution in [0.3, 0.4) is 0 Å². The minimum Gasteiger partial charge on any atom is -0.380 e. The van der Waals surface area contributed by atoms with Gasteiger partial charge in [0.15, 0.2) is 5.13 Å². The normalized spacial score (nSPS) is 11.8. The van der Waals surface area contributed by atoms with Gasteiger partial charge in [-0.3, -0.25) is 0 Å². The lowest BCUT2D eigenvalue weighted by molar-refractivity contribution is 0.185. The molecule has 3 nitrogen and oxygen atoms in total. The number of nitrogens with two attached hydrogens (primary N) is 1. The van der Waals surface area contributed by atoms with Crippen molar-refractivity contribution in [3.05, 3.63) is 46.0 Å². The first-order valence-electron chi connectivity index (χ1n) is 6.72. The van der Waals surface area contributed by atoms with E-state index in [4.69, 9.17) is 10.5 Å². The molecule has 0 aliphatic heterocycles. The van der Waals surface area contributed by atoms with Crippen molar-refractivity contribution in [1.29, 1.82) is 0 Å². The van der Waals surface area contributed by atoms with Gasteiger partial charge in [-0.2, -0.15) is 0 Å². The van der Waals surface area contributed by atoms with E-state index in [-0.39, 0.29) is 5.41 Å². The van der Waals surface area contributed by atoms with Crippen molar-refractivity contribution in [2.45, 2.75) is 39.2 Å². The summed E-state index contributed by atoms with van der Waals surface area (Å²) in [5.41, 5.74) is 9.49. The molecule has 0 unspecified atom stereocenters. The summed E-state index contributed by atoms with van der Waals surface area (Å²) in [6, 6.07) is 8.48. The molecule has 0 atom stereocenters. The van der Waals surface area contributed by atoms with Crippen LogP contribution in [-0.4, -0.2) is 12.1 Å². The predicted octanol–water partition coefficient (Wildman–Crippen LogP) is 3.76. The molecule has 108 valence electrons. The molecular formula is C16H22N2OS. The van der Waals surface area contributed by atoms with Gasteiger partial charge >= 0.3 is 0 Å². The molecule has 0 bridgehead atoms. The Morgan fingerprint density at radius 1 is 1.25 bits per heavy atom. The van der Waals surface area contributed by atoms with Gasteiger partial charge in [-0.05, 0) is 11.1 Å². The third-order valence-electron chi connectivity index (χ3n) is 3.09. The molecule has 2 N–H and O–H groups in total. The Hall–Kier alpha value is -1.39. The average molecular weight is 290 g/mol. The maximum absolute atomic E-state index is 5.89. The van der Waals surface area contributed by atoms with Gasteiger partial charge < -0.3 is 10.5 Å². The molecule has 0 fully saturated rings. The first kappa shape index (κ1) is 15.0. The highest BCUT2D eigenvalue weighted by molar-refractivity contribution is 7.15. The number of thiazole rings is 1. The van der Waals surface area contributed by atoms with Gasteiger partial charge in [0.1, 0.15) is 0 Å². The van der Waals surface area contributed by atoms with Gasteiger partial charge in [0.05, 0.1) is 12.3 Å². The van der Waals surface area contributed by atoms with Crippen molar-refractivity contribution in [3.63, 3.8) is 0 Å². The fourth-order valence-corrected chi connectivity index (χ4v) is 3.33. The maximum atomic E-state index is 5.89. The number of hydrogen-bond donors (Lipinski definition) is 1. The zero-order chi connectivity index (χ0) is 14.8. The standard InChI is InChI=1S/C16H22N2OS/c1-16(2,3)14-13(20-15(17)18-14)9-11-6-5-7-12(8-11)10-19-4/h5-8H,9-10H2,1-4H3,(H2,17,18). The predicted molar refractivity (Wildman–Crippen MR) is 85.2 cm³/mol. The first-order chi connectivity index (χ1) is 9.40. The lowest BCUT2D eigenvalue weighted by Crippen LogP contribution is -2.14. The summed E-state index contributed by atoms with van der Waals surface area (Å²) in [5, 5.41) is 0.651. The number of benzene rings is 1. The number of nitrogen functional groups attached to an aromatic ring is 1. The Balaban J connectivity index is 2.28. The molecule has 0 spiro atoms. The third kappa shape index (κ3) is 3.58. The number of anilines is 1. The van der Waals surface area contributed by atoms with Gasteiger partial charge in [0, 0.05) is 23.8 Å². The Bertz CT molecular complexity index is 584. The molecule has 1 aromatic heterocycles. The molecule has 0 aliphatic rings. The summed E-state index contributed by atoms with van der Waals surface area (Å²) >= 11 is 1.59. The highest BCUT2D eigenvalue weighted by Crippen LogP contribution is 2.32. The molecule has 4 heteroatoms. The molecule has 20 heavy (non-hydrogen) atoms. The number of aromatic nitrogens is 1. The van der Waals surface area contributed by atoms with Gasteiger partial charge in [-0.25, -0.2) is 4.98 Å². The molecule has 0 amide bonds. The van der Waals surface area contributed by atoms with Gasteiger partial charge in [0.25, 0.3) is 0 Å².